The molecule has 5 heteroatoms. The van der Waals surface area contributed by atoms with Crippen LogP contribution in [0.25, 0.3) is 0 Å². The number of sulfonamides is 1. The summed E-state index contributed by atoms with van der Waals surface area (Å²) in [5.41, 5.74) is 0.469. The summed E-state index contributed by atoms with van der Waals surface area (Å²) in [6, 6.07) is 6.91. The highest BCUT2D eigenvalue weighted by atomic mass is 32.2. The molecule has 0 aliphatic rings. The fraction of sp³-hybridized carbons (Fsp3) is 0.333. The predicted octanol–water partition coefficient (Wildman–Crippen LogP) is 1.46. The molecule has 0 atom stereocenters. The predicted molar refractivity (Wildman–Crippen MR) is 56.1 cm³/mol. The summed E-state index contributed by atoms with van der Waals surface area (Å²) in [6.45, 7) is 2.35. The number of hydrogen-bond acceptors (Lipinski definition) is 3. The quantitative estimate of drug-likeness (QED) is 0.827. The summed E-state index contributed by atoms with van der Waals surface area (Å²) in [7, 11) is -3.25. The number of benzene rings is 1. The Balaban J connectivity index is 2.95. The van der Waals surface area contributed by atoms with Crippen LogP contribution in [0.5, 0.6) is 5.75 Å². The molecule has 0 amide bonds. The van der Waals surface area contributed by atoms with Crippen LogP contribution in [0.2, 0.25) is 0 Å². The van der Waals surface area contributed by atoms with E-state index in [0.717, 1.165) is 6.26 Å². The molecule has 0 aromatic heterocycles. The summed E-state index contributed by atoms with van der Waals surface area (Å²) in [5.74, 6) is 0.542. The van der Waals surface area contributed by atoms with E-state index >= 15 is 0 Å². The zero-order chi connectivity index (χ0) is 10.6. The van der Waals surface area contributed by atoms with Gasteiger partial charge in [-0.05, 0) is 19.1 Å². The van der Waals surface area contributed by atoms with Gasteiger partial charge in [-0.15, -0.1) is 0 Å². The van der Waals surface area contributed by atoms with Gasteiger partial charge >= 0.3 is 0 Å². The fourth-order valence-electron chi connectivity index (χ4n) is 1.03. The number of nitrogens with one attached hydrogen (secondary N) is 1. The number of anilines is 1. The summed E-state index contributed by atoms with van der Waals surface area (Å²) in [5, 5.41) is 0. The highest BCUT2D eigenvalue weighted by Crippen LogP contribution is 2.24. The van der Waals surface area contributed by atoms with Gasteiger partial charge in [0.25, 0.3) is 0 Å². The molecule has 0 heterocycles. The molecule has 1 aromatic carbocycles. The Morgan fingerprint density at radius 2 is 2.00 bits per heavy atom. The molecular weight excluding hydrogens is 202 g/mol. The maximum absolute atomic E-state index is 11.0. The van der Waals surface area contributed by atoms with Crippen molar-refractivity contribution in [3.05, 3.63) is 24.3 Å². The Morgan fingerprint density at radius 1 is 1.36 bits per heavy atom. The van der Waals surface area contributed by atoms with Gasteiger partial charge in [0.05, 0.1) is 18.6 Å². The van der Waals surface area contributed by atoms with Crippen LogP contribution in [0, 0.1) is 0 Å². The molecule has 0 saturated carbocycles. The van der Waals surface area contributed by atoms with Gasteiger partial charge < -0.3 is 4.74 Å². The molecule has 0 bridgehead atoms. The van der Waals surface area contributed by atoms with Crippen LogP contribution >= 0.6 is 0 Å². The number of para-hydroxylation sites is 2. The molecule has 1 rings (SSSR count). The molecule has 1 aromatic rings. The zero-order valence-corrected chi connectivity index (χ0v) is 8.97. The van der Waals surface area contributed by atoms with Crippen molar-refractivity contribution in [3.63, 3.8) is 0 Å². The van der Waals surface area contributed by atoms with Crippen molar-refractivity contribution >= 4 is 15.7 Å². The van der Waals surface area contributed by atoms with Gasteiger partial charge in [0.2, 0.25) is 10.0 Å². The molecule has 1 N–H and O–H groups in total. The summed E-state index contributed by atoms with van der Waals surface area (Å²) >= 11 is 0. The van der Waals surface area contributed by atoms with Crippen LogP contribution in [0.3, 0.4) is 0 Å². The first-order valence-electron chi connectivity index (χ1n) is 4.22. The Kier molecular flexibility index (Phi) is 3.35. The lowest BCUT2D eigenvalue weighted by molar-refractivity contribution is 0.342. The van der Waals surface area contributed by atoms with Crippen molar-refractivity contribution in [1.82, 2.24) is 0 Å². The SMILES string of the molecule is CCOc1ccccc1NS(C)(=O)=O. The van der Waals surface area contributed by atoms with Crippen molar-refractivity contribution in [1.29, 1.82) is 0 Å². The molecule has 0 saturated heterocycles. The van der Waals surface area contributed by atoms with Gasteiger partial charge in [-0.25, -0.2) is 8.42 Å². The van der Waals surface area contributed by atoms with E-state index in [2.05, 4.69) is 4.72 Å². The van der Waals surface area contributed by atoms with Crippen molar-refractivity contribution < 1.29 is 13.2 Å². The van der Waals surface area contributed by atoms with Crippen molar-refractivity contribution in [2.45, 2.75) is 6.92 Å². The van der Waals surface area contributed by atoms with Gasteiger partial charge in [0.15, 0.2) is 0 Å². The van der Waals surface area contributed by atoms with Crippen molar-refractivity contribution in [3.8, 4) is 5.75 Å². The van der Waals surface area contributed by atoms with Crippen LogP contribution in [0.15, 0.2) is 24.3 Å². The second kappa shape index (κ2) is 4.32. The van der Waals surface area contributed by atoms with Crippen LogP contribution < -0.4 is 9.46 Å². The molecule has 0 fully saturated rings. The molecule has 0 spiro atoms. The molecule has 0 aliphatic heterocycles. The molecular formula is C9H13NO3S. The van der Waals surface area contributed by atoms with Crippen LogP contribution in [0.4, 0.5) is 5.69 Å². The Morgan fingerprint density at radius 3 is 2.57 bits per heavy atom. The summed E-state index contributed by atoms with van der Waals surface area (Å²) in [4.78, 5) is 0. The van der Waals surface area contributed by atoms with Crippen LogP contribution in [-0.2, 0) is 10.0 Å². The van der Waals surface area contributed by atoms with E-state index in [1.807, 2.05) is 6.92 Å². The second-order valence-electron chi connectivity index (χ2n) is 2.80. The lowest BCUT2D eigenvalue weighted by Gasteiger charge is -2.10. The maximum atomic E-state index is 11.0. The number of ether oxygens (including phenoxy) is 1. The van der Waals surface area contributed by atoms with E-state index in [4.69, 9.17) is 4.74 Å². The van der Waals surface area contributed by atoms with E-state index < -0.39 is 10.0 Å². The van der Waals surface area contributed by atoms with Gasteiger partial charge in [-0.2, -0.15) is 0 Å². The largest absolute Gasteiger partial charge is 0.492 e. The van der Waals surface area contributed by atoms with Gasteiger partial charge in [0, 0.05) is 0 Å². The molecule has 0 aliphatic carbocycles. The second-order valence-corrected chi connectivity index (χ2v) is 4.55. The average molecular weight is 215 g/mol. The topological polar surface area (TPSA) is 55.4 Å². The van der Waals surface area contributed by atoms with Crippen LogP contribution in [0.1, 0.15) is 6.92 Å². The minimum atomic E-state index is -3.25. The average Bonchev–Trinajstić information content (AvgIpc) is 2.06. The first kappa shape index (κ1) is 10.8. The Labute approximate surface area is 84.0 Å². The maximum Gasteiger partial charge on any atom is 0.229 e. The minimum absolute atomic E-state index is 0.469. The number of hydrogen-bond donors (Lipinski definition) is 1. The zero-order valence-electron chi connectivity index (χ0n) is 8.15. The van der Waals surface area contributed by atoms with E-state index in [1.54, 1.807) is 24.3 Å². The van der Waals surface area contributed by atoms with Crippen LogP contribution in [-0.4, -0.2) is 21.3 Å². The van der Waals surface area contributed by atoms with E-state index in [-0.39, 0.29) is 0 Å². The van der Waals surface area contributed by atoms with E-state index in [1.165, 1.54) is 0 Å². The monoisotopic (exact) mass is 215 g/mol. The van der Waals surface area contributed by atoms with Gasteiger partial charge in [0.1, 0.15) is 5.75 Å². The third-order valence-electron chi connectivity index (χ3n) is 1.48. The Bertz CT molecular complexity index is 400. The molecule has 78 valence electrons. The molecule has 14 heavy (non-hydrogen) atoms. The van der Waals surface area contributed by atoms with Crippen molar-refractivity contribution in [2.75, 3.05) is 17.6 Å². The summed E-state index contributed by atoms with van der Waals surface area (Å²) in [6.07, 6.45) is 1.11. The number of rotatable bonds is 4. The van der Waals surface area contributed by atoms with Gasteiger partial charge in [-0.3, -0.25) is 4.72 Å². The smallest absolute Gasteiger partial charge is 0.229 e. The van der Waals surface area contributed by atoms with E-state index in [0.29, 0.717) is 18.0 Å². The summed E-state index contributed by atoms with van der Waals surface area (Å²) < 4.78 is 29.6. The molecule has 4 nitrogen and oxygen atoms in total. The highest BCUT2D eigenvalue weighted by molar-refractivity contribution is 7.92. The highest BCUT2D eigenvalue weighted by Gasteiger charge is 2.06. The van der Waals surface area contributed by atoms with Gasteiger partial charge in [-0.1, -0.05) is 12.1 Å². The molecule has 0 unspecified atom stereocenters. The normalized spacial score (nSPS) is 11.0. The lowest BCUT2D eigenvalue weighted by atomic mass is 10.3. The van der Waals surface area contributed by atoms with E-state index in [9.17, 15) is 8.42 Å². The fourth-order valence-corrected chi connectivity index (χ4v) is 1.60. The first-order valence-corrected chi connectivity index (χ1v) is 6.11. The standard InChI is InChI=1S/C9H13NO3S/c1-3-13-9-7-5-4-6-8(9)10-14(2,11)12/h4-7,10H,3H2,1-2H3. The third kappa shape index (κ3) is 3.26. The minimum Gasteiger partial charge on any atom is -0.492 e. The van der Waals surface area contributed by atoms with Crippen molar-refractivity contribution in [2.24, 2.45) is 0 Å². The lowest BCUT2D eigenvalue weighted by Crippen LogP contribution is -2.10. The molecule has 0 radical (unpaired) electrons. The Hall–Kier alpha value is -1.23. The third-order valence-corrected chi connectivity index (χ3v) is 2.07. The first-order chi connectivity index (χ1) is 6.53.